The van der Waals surface area contributed by atoms with Gasteiger partial charge in [0.25, 0.3) is 0 Å². The lowest BCUT2D eigenvalue weighted by Crippen LogP contribution is -2.26. The molecule has 0 fully saturated rings. The van der Waals surface area contributed by atoms with Crippen LogP contribution in [0.5, 0.6) is 5.75 Å². The van der Waals surface area contributed by atoms with Crippen molar-refractivity contribution < 1.29 is 21.6 Å². The average molecular weight is 555 g/mol. The van der Waals surface area contributed by atoms with Crippen molar-refractivity contribution in [2.75, 3.05) is 44.7 Å². The molecule has 0 aliphatic carbocycles. The number of fused-ring (bicyclic) bond motifs is 1. The smallest absolute Gasteiger partial charge is 0.349 e. The number of aromatic nitrogens is 3. The molecule has 2 aromatic heterocycles. The molecule has 10 nitrogen and oxygen atoms in total. The first-order valence-corrected chi connectivity index (χ1v) is 15.2. The maximum atomic E-state index is 13.5. The van der Waals surface area contributed by atoms with Crippen LogP contribution in [0.25, 0.3) is 0 Å². The van der Waals surface area contributed by atoms with Crippen molar-refractivity contribution in [1.82, 2.24) is 19.9 Å². The number of likely N-dealkylation sites (N-methyl/N-ethyl adjacent to an activating group) is 1. The molecule has 14 heteroatoms. The summed E-state index contributed by atoms with van der Waals surface area (Å²) in [7, 11) is -4.56. The van der Waals surface area contributed by atoms with Crippen LogP contribution < -0.4 is 20.8 Å². The van der Waals surface area contributed by atoms with Crippen molar-refractivity contribution in [2.45, 2.75) is 18.0 Å². The molecule has 192 valence electrons. The summed E-state index contributed by atoms with van der Waals surface area (Å²) in [6.45, 7) is 4.56. The zero-order valence-electron chi connectivity index (χ0n) is 20.0. The van der Waals surface area contributed by atoms with Gasteiger partial charge < -0.3 is 24.8 Å². The first-order valence-electron chi connectivity index (χ1n) is 10.8. The molecule has 0 saturated carbocycles. The number of methoxy groups -OCH3 is 1. The average Bonchev–Trinajstić information content (AvgIpc) is 2.79. The molecule has 0 unspecified atom stereocenters. The Hall–Kier alpha value is -2.79. The van der Waals surface area contributed by atoms with E-state index in [1.54, 1.807) is 7.11 Å². The number of pyridine rings is 1. The molecule has 0 saturated heterocycles. The molecular weight excluding hydrogens is 530 g/mol. The lowest BCUT2D eigenvalue weighted by Gasteiger charge is -2.26. The predicted octanol–water partition coefficient (Wildman–Crippen LogP) is 3.91. The minimum absolute atomic E-state index is 0.106. The molecule has 4 rings (SSSR count). The molecule has 3 heterocycles. The molecular formula is C22H25ClFN6O4PS. The molecule has 3 aromatic rings. The Morgan fingerprint density at radius 1 is 1.14 bits per heavy atom. The maximum Gasteiger partial charge on any atom is 0.349 e. The minimum Gasteiger partial charge on any atom is -0.495 e. The molecule has 36 heavy (non-hydrogen) atoms. The fourth-order valence-electron chi connectivity index (χ4n) is 3.83. The number of nitrogens with zero attached hydrogens (tertiary/aromatic N) is 4. The van der Waals surface area contributed by atoms with Gasteiger partial charge in [0.05, 0.1) is 24.7 Å². The highest BCUT2D eigenvalue weighted by Gasteiger charge is 2.24. The first kappa shape index (κ1) is 26.3. The van der Waals surface area contributed by atoms with Crippen LogP contribution in [0.15, 0.2) is 35.5 Å². The molecule has 1 aliphatic rings. The number of anilines is 4. The van der Waals surface area contributed by atoms with Crippen LogP contribution in [0.1, 0.15) is 11.1 Å². The topological polar surface area (TPSA) is 126 Å². The highest BCUT2D eigenvalue weighted by atomic mass is 35.5. The van der Waals surface area contributed by atoms with E-state index in [1.165, 1.54) is 36.7 Å². The predicted molar refractivity (Wildman–Crippen MR) is 138 cm³/mol. The van der Waals surface area contributed by atoms with Crippen molar-refractivity contribution in [3.8, 4) is 5.75 Å². The SMILES string of the molecule is COc1cc2c(cc1Nc1ncc(Cl)c(Nc3ccc(S(=O)(=O)F)nc3P(C)(C)=O)n1)CN(C)CC2. The first-order chi connectivity index (χ1) is 16.8. The minimum atomic E-state index is -5.08. The molecule has 1 aliphatic heterocycles. The summed E-state index contributed by atoms with van der Waals surface area (Å²) in [6, 6.07) is 6.23. The summed E-state index contributed by atoms with van der Waals surface area (Å²) in [5, 5.41) is 5.40. The van der Waals surface area contributed by atoms with Gasteiger partial charge in [-0.3, -0.25) is 0 Å². The lowest BCUT2D eigenvalue weighted by atomic mass is 9.99. The van der Waals surface area contributed by atoms with Gasteiger partial charge in [-0.1, -0.05) is 15.5 Å². The summed E-state index contributed by atoms with van der Waals surface area (Å²) >= 11 is 6.30. The lowest BCUT2D eigenvalue weighted by molar-refractivity contribution is 0.312. The number of hydrogen-bond acceptors (Lipinski definition) is 10. The van der Waals surface area contributed by atoms with E-state index in [2.05, 4.69) is 37.5 Å². The Balaban J connectivity index is 1.68. The largest absolute Gasteiger partial charge is 0.495 e. The van der Waals surface area contributed by atoms with Crippen LogP contribution in [0, 0.1) is 0 Å². The fraction of sp³-hybridized carbons (Fsp3) is 0.318. The Kier molecular flexibility index (Phi) is 7.25. The summed E-state index contributed by atoms with van der Waals surface area (Å²) in [5.74, 6) is 0.995. The van der Waals surface area contributed by atoms with E-state index in [0.29, 0.717) is 11.4 Å². The number of nitrogens with one attached hydrogen (secondary N) is 2. The van der Waals surface area contributed by atoms with E-state index < -0.39 is 22.4 Å². The van der Waals surface area contributed by atoms with Gasteiger partial charge in [0.1, 0.15) is 23.3 Å². The fourth-order valence-corrected chi connectivity index (χ4v) is 5.53. The Labute approximate surface area is 213 Å². The maximum absolute atomic E-state index is 13.5. The third-order valence-electron chi connectivity index (χ3n) is 5.58. The Morgan fingerprint density at radius 2 is 1.89 bits per heavy atom. The van der Waals surface area contributed by atoms with Gasteiger partial charge in [-0.05, 0) is 62.2 Å². The van der Waals surface area contributed by atoms with Crippen molar-refractivity contribution in [3.05, 3.63) is 46.6 Å². The van der Waals surface area contributed by atoms with E-state index in [0.717, 1.165) is 25.6 Å². The summed E-state index contributed by atoms with van der Waals surface area (Å²) in [5.41, 5.74) is 3.13. The van der Waals surface area contributed by atoms with E-state index in [4.69, 9.17) is 16.3 Å². The standard InChI is InChI=1S/C22H25ClFN6O4PS/c1-30-8-7-13-10-18(34-2)17(9-14(13)12-30)27-22-25-11-15(23)20(29-22)26-16-5-6-19(36(24,32)33)28-21(16)35(3,4)31/h5-6,9-11H,7-8,12H2,1-4H3,(H2,25,26,27,29). The van der Waals surface area contributed by atoms with Gasteiger partial charge in [0.2, 0.25) is 5.95 Å². The van der Waals surface area contributed by atoms with Gasteiger partial charge in [0.15, 0.2) is 10.8 Å². The third kappa shape index (κ3) is 5.78. The monoisotopic (exact) mass is 554 g/mol. The van der Waals surface area contributed by atoms with E-state index in [1.807, 2.05) is 12.1 Å². The molecule has 0 bridgehead atoms. The van der Waals surface area contributed by atoms with Gasteiger partial charge in [-0.25, -0.2) is 9.97 Å². The van der Waals surface area contributed by atoms with Gasteiger partial charge in [-0.2, -0.15) is 13.4 Å². The third-order valence-corrected chi connectivity index (χ3v) is 7.94. The van der Waals surface area contributed by atoms with Gasteiger partial charge in [-0.15, -0.1) is 0 Å². The number of ether oxygens (including phenoxy) is 1. The second kappa shape index (κ2) is 9.93. The normalized spacial score (nSPS) is 14.3. The highest BCUT2D eigenvalue weighted by Crippen LogP contribution is 2.39. The van der Waals surface area contributed by atoms with Gasteiger partial charge in [0, 0.05) is 13.1 Å². The second-order valence-corrected chi connectivity index (χ2v) is 13.6. The summed E-state index contributed by atoms with van der Waals surface area (Å²) < 4.78 is 54.5. The Morgan fingerprint density at radius 3 is 2.56 bits per heavy atom. The zero-order chi connectivity index (χ0) is 26.3. The van der Waals surface area contributed by atoms with Crippen LogP contribution in [0.4, 0.5) is 27.0 Å². The van der Waals surface area contributed by atoms with Crippen molar-refractivity contribution in [1.29, 1.82) is 0 Å². The van der Waals surface area contributed by atoms with Crippen molar-refractivity contribution in [2.24, 2.45) is 0 Å². The number of hydrogen-bond donors (Lipinski definition) is 2. The quantitative estimate of drug-likeness (QED) is 0.328. The van der Waals surface area contributed by atoms with Crippen LogP contribution in [0.2, 0.25) is 5.02 Å². The van der Waals surface area contributed by atoms with E-state index in [9.17, 15) is 16.9 Å². The van der Waals surface area contributed by atoms with Crippen LogP contribution in [0.3, 0.4) is 0 Å². The van der Waals surface area contributed by atoms with Crippen molar-refractivity contribution in [3.63, 3.8) is 0 Å². The van der Waals surface area contributed by atoms with Crippen LogP contribution >= 0.6 is 18.7 Å². The number of benzene rings is 1. The Bertz CT molecular complexity index is 1480. The summed E-state index contributed by atoms with van der Waals surface area (Å²) in [6.07, 6.45) is 2.30. The summed E-state index contributed by atoms with van der Waals surface area (Å²) in [4.78, 5) is 14.7. The molecule has 0 amide bonds. The van der Waals surface area contributed by atoms with Crippen LogP contribution in [-0.2, 0) is 27.8 Å². The molecule has 0 atom stereocenters. The molecule has 2 N–H and O–H groups in total. The molecule has 0 radical (unpaired) electrons. The molecule has 1 aromatic carbocycles. The second-order valence-electron chi connectivity index (χ2n) is 8.76. The zero-order valence-corrected chi connectivity index (χ0v) is 22.5. The molecule has 0 spiro atoms. The van der Waals surface area contributed by atoms with E-state index in [-0.39, 0.29) is 27.9 Å². The van der Waals surface area contributed by atoms with Crippen molar-refractivity contribution >= 4 is 57.5 Å². The number of rotatable bonds is 7. The number of halogens is 2. The highest BCUT2D eigenvalue weighted by molar-refractivity contribution is 7.86. The van der Waals surface area contributed by atoms with Gasteiger partial charge >= 0.3 is 10.2 Å². The van der Waals surface area contributed by atoms with Crippen LogP contribution in [-0.4, -0.2) is 62.3 Å². The van der Waals surface area contributed by atoms with E-state index >= 15 is 0 Å².